The number of fused-ring (bicyclic) bond motifs is 1. The summed E-state index contributed by atoms with van der Waals surface area (Å²) in [5.41, 5.74) is 0.273. The van der Waals surface area contributed by atoms with Crippen LogP contribution in [0, 0.1) is 0 Å². The average molecular weight is 441 g/mol. The molecule has 1 atom stereocenters. The standard InChI is InChI=1S/C16H17ClN6O3S2/c1-8(11(24)6-12-21-22-15(17)28-12)27-16-19-13-10(14(25)20-16)7-18-23(13)9-2-4-26-5-3-9/h7-9H,2-6H2,1H3,(H,19,20,25). The van der Waals surface area contributed by atoms with Gasteiger partial charge in [0.25, 0.3) is 5.56 Å². The Kier molecular flexibility index (Phi) is 5.76. The number of carbonyl (C=O) groups excluding carboxylic acids is 1. The Balaban J connectivity index is 1.54. The van der Waals surface area contributed by atoms with Crippen LogP contribution in [0.15, 0.2) is 16.1 Å². The van der Waals surface area contributed by atoms with E-state index < -0.39 is 5.25 Å². The number of ether oxygens (including phenoxy) is 1. The molecule has 9 nitrogen and oxygen atoms in total. The number of halogens is 1. The average Bonchev–Trinajstić information content (AvgIpc) is 3.28. The number of nitrogens with one attached hydrogen (secondary N) is 1. The van der Waals surface area contributed by atoms with Crippen molar-refractivity contribution in [2.75, 3.05) is 13.2 Å². The molecule has 4 rings (SSSR count). The van der Waals surface area contributed by atoms with Crippen molar-refractivity contribution in [3.05, 3.63) is 26.0 Å². The fourth-order valence-electron chi connectivity index (χ4n) is 3.00. The molecule has 4 heterocycles. The molecule has 1 unspecified atom stereocenters. The summed E-state index contributed by atoms with van der Waals surface area (Å²) >= 11 is 8.14. The summed E-state index contributed by atoms with van der Waals surface area (Å²) in [5, 5.41) is 12.9. The molecule has 148 valence electrons. The molecule has 12 heteroatoms. The Morgan fingerprint density at radius 1 is 1.46 bits per heavy atom. The molecule has 0 radical (unpaired) electrons. The first kappa shape index (κ1) is 19.5. The lowest BCUT2D eigenvalue weighted by atomic mass is 10.1. The number of rotatable bonds is 6. The van der Waals surface area contributed by atoms with Gasteiger partial charge in [0.1, 0.15) is 10.4 Å². The van der Waals surface area contributed by atoms with Gasteiger partial charge in [-0.1, -0.05) is 23.1 Å². The SMILES string of the molecule is CC(Sc1nc2c(cnn2C2CCOCC2)c(=O)[nH]1)C(=O)Cc1nnc(Cl)s1. The lowest BCUT2D eigenvalue weighted by Crippen LogP contribution is -2.21. The second kappa shape index (κ2) is 8.27. The predicted octanol–water partition coefficient (Wildman–Crippen LogP) is 2.27. The van der Waals surface area contributed by atoms with Crippen LogP contribution in [0.3, 0.4) is 0 Å². The molecule has 0 spiro atoms. The number of nitrogens with zero attached hydrogens (tertiary/aromatic N) is 5. The van der Waals surface area contributed by atoms with Crippen LogP contribution in [0.25, 0.3) is 11.0 Å². The summed E-state index contributed by atoms with van der Waals surface area (Å²) in [7, 11) is 0. The summed E-state index contributed by atoms with van der Waals surface area (Å²) in [6, 6.07) is 0.152. The number of hydrogen-bond donors (Lipinski definition) is 1. The minimum atomic E-state index is -0.414. The van der Waals surface area contributed by atoms with Crippen molar-refractivity contribution in [2.45, 2.75) is 42.6 Å². The summed E-state index contributed by atoms with van der Waals surface area (Å²) in [4.78, 5) is 32.2. The third-order valence-corrected chi connectivity index (χ3v) is 6.54. The Hall–Kier alpha value is -1.82. The highest BCUT2D eigenvalue weighted by Gasteiger charge is 2.22. The Morgan fingerprint density at radius 3 is 2.96 bits per heavy atom. The van der Waals surface area contributed by atoms with E-state index in [9.17, 15) is 9.59 Å². The van der Waals surface area contributed by atoms with Gasteiger partial charge in [-0.2, -0.15) is 5.10 Å². The number of Topliss-reactive ketones (excluding diaryl/α,β-unsaturated/α-hetero) is 1. The first-order chi connectivity index (χ1) is 13.5. The zero-order valence-corrected chi connectivity index (χ0v) is 17.3. The summed E-state index contributed by atoms with van der Waals surface area (Å²) < 4.78 is 7.50. The minimum Gasteiger partial charge on any atom is -0.381 e. The van der Waals surface area contributed by atoms with Gasteiger partial charge < -0.3 is 9.72 Å². The number of aromatic amines is 1. The van der Waals surface area contributed by atoms with Crippen LogP contribution < -0.4 is 5.56 Å². The molecule has 3 aromatic rings. The highest BCUT2D eigenvalue weighted by molar-refractivity contribution is 8.00. The van der Waals surface area contributed by atoms with Gasteiger partial charge in [-0.25, -0.2) is 9.67 Å². The molecule has 0 amide bonds. The monoisotopic (exact) mass is 440 g/mol. The van der Waals surface area contributed by atoms with Crippen molar-refractivity contribution < 1.29 is 9.53 Å². The maximum absolute atomic E-state index is 12.5. The van der Waals surface area contributed by atoms with E-state index in [0.29, 0.717) is 38.9 Å². The van der Waals surface area contributed by atoms with Gasteiger partial charge in [-0.15, -0.1) is 10.2 Å². The van der Waals surface area contributed by atoms with E-state index in [2.05, 4.69) is 25.3 Å². The van der Waals surface area contributed by atoms with E-state index >= 15 is 0 Å². The van der Waals surface area contributed by atoms with Crippen molar-refractivity contribution in [3.8, 4) is 0 Å². The molecule has 28 heavy (non-hydrogen) atoms. The number of carbonyl (C=O) groups is 1. The number of H-pyrrole nitrogens is 1. The fourth-order valence-corrected chi connectivity index (χ4v) is 4.72. The van der Waals surface area contributed by atoms with Crippen LogP contribution in [-0.2, 0) is 16.0 Å². The molecule has 1 aliphatic heterocycles. The van der Waals surface area contributed by atoms with Crippen LogP contribution >= 0.6 is 34.7 Å². The van der Waals surface area contributed by atoms with Crippen LogP contribution in [0.5, 0.6) is 0 Å². The Labute approximate surface area is 172 Å². The third kappa shape index (κ3) is 4.12. The lowest BCUT2D eigenvalue weighted by Gasteiger charge is -2.22. The molecular formula is C16H17ClN6O3S2. The predicted molar refractivity (Wildman–Crippen MR) is 106 cm³/mol. The summed E-state index contributed by atoms with van der Waals surface area (Å²) in [5.74, 6) is -0.0431. The molecule has 1 aliphatic rings. The van der Waals surface area contributed by atoms with Crippen LogP contribution in [0.1, 0.15) is 30.8 Å². The quantitative estimate of drug-likeness (QED) is 0.458. The summed E-state index contributed by atoms with van der Waals surface area (Å²) in [6.45, 7) is 3.10. The van der Waals surface area contributed by atoms with Gasteiger partial charge in [-0.3, -0.25) is 9.59 Å². The number of ketones is 1. The highest BCUT2D eigenvalue weighted by atomic mass is 35.5. The normalized spacial score (nSPS) is 16.5. The Morgan fingerprint density at radius 2 is 2.25 bits per heavy atom. The molecule has 0 saturated carbocycles. The number of hydrogen-bond acceptors (Lipinski definition) is 9. The van der Waals surface area contributed by atoms with Crippen molar-refractivity contribution in [1.82, 2.24) is 29.9 Å². The maximum atomic E-state index is 12.5. The van der Waals surface area contributed by atoms with Gasteiger partial charge >= 0.3 is 0 Å². The van der Waals surface area contributed by atoms with Gasteiger partial charge in [0.2, 0.25) is 4.47 Å². The fraction of sp³-hybridized carbons (Fsp3) is 0.500. The Bertz CT molecular complexity index is 1060. The van der Waals surface area contributed by atoms with E-state index in [-0.39, 0.29) is 23.8 Å². The first-order valence-corrected chi connectivity index (χ1v) is 10.8. The topological polar surface area (TPSA) is 116 Å². The van der Waals surface area contributed by atoms with E-state index in [1.165, 1.54) is 23.1 Å². The molecule has 3 aromatic heterocycles. The van der Waals surface area contributed by atoms with E-state index in [1.54, 1.807) is 17.8 Å². The smallest absolute Gasteiger partial charge is 0.262 e. The lowest BCUT2D eigenvalue weighted by molar-refractivity contribution is -0.117. The minimum absolute atomic E-state index is 0.0431. The zero-order chi connectivity index (χ0) is 19.7. The van der Waals surface area contributed by atoms with Gasteiger partial charge in [-0.05, 0) is 31.4 Å². The molecule has 0 aliphatic carbocycles. The van der Waals surface area contributed by atoms with Crippen molar-refractivity contribution >= 4 is 51.5 Å². The van der Waals surface area contributed by atoms with Gasteiger partial charge in [0.05, 0.1) is 23.9 Å². The number of thioether (sulfide) groups is 1. The maximum Gasteiger partial charge on any atom is 0.262 e. The van der Waals surface area contributed by atoms with E-state index in [4.69, 9.17) is 16.3 Å². The summed E-state index contributed by atoms with van der Waals surface area (Å²) in [6.07, 6.45) is 3.34. The van der Waals surface area contributed by atoms with Gasteiger partial charge in [0.15, 0.2) is 16.6 Å². The molecule has 1 saturated heterocycles. The van der Waals surface area contributed by atoms with Gasteiger partial charge in [0, 0.05) is 13.2 Å². The van der Waals surface area contributed by atoms with Crippen LogP contribution in [0.4, 0.5) is 0 Å². The van der Waals surface area contributed by atoms with E-state index in [0.717, 1.165) is 12.8 Å². The number of aromatic nitrogens is 6. The highest BCUT2D eigenvalue weighted by Crippen LogP contribution is 2.26. The van der Waals surface area contributed by atoms with Crippen molar-refractivity contribution in [2.24, 2.45) is 0 Å². The molecule has 1 fully saturated rings. The van der Waals surface area contributed by atoms with Crippen LogP contribution in [0.2, 0.25) is 4.47 Å². The molecule has 0 bridgehead atoms. The van der Waals surface area contributed by atoms with E-state index in [1.807, 2.05) is 0 Å². The third-order valence-electron chi connectivity index (χ3n) is 4.49. The zero-order valence-electron chi connectivity index (χ0n) is 14.9. The van der Waals surface area contributed by atoms with Crippen LogP contribution in [-0.4, -0.2) is 54.2 Å². The second-order valence-electron chi connectivity index (χ2n) is 6.39. The largest absolute Gasteiger partial charge is 0.381 e. The molecule has 0 aromatic carbocycles. The van der Waals surface area contributed by atoms with Crippen molar-refractivity contribution in [3.63, 3.8) is 0 Å². The second-order valence-corrected chi connectivity index (χ2v) is 9.37. The molecule has 1 N–H and O–H groups in total. The first-order valence-electron chi connectivity index (χ1n) is 8.74. The van der Waals surface area contributed by atoms with Crippen molar-refractivity contribution in [1.29, 1.82) is 0 Å². The molecular weight excluding hydrogens is 424 g/mol.